The highest BCUT2D eigenvalue weighted by molar-refractivity contribution is 9.13. The minimum absolute atomic E-state index is 0.648. The molecule has 0 spiro atoms. The maximum atomic E-state index is 6.12. The molecule has 0 unspecified atom stereocenters. The summed E-state index contributed by atoms with van der Waals surface area (Å²) in [4.78, 5) is 0. The molecular weight excluding hydrogens is 455 g/mol. The fraction of sp³-hybridized carbons (Fsp3) is 0. The lowest BCUT2D eigenvalue weighted by molar-refractivity contribution is 1.52. The van der Waals surface area contributed by atoms with Crippen LogP contribution < -0.4 is 0 Å². The third kappa shape index (κ3) is 2.90. The summed E-state index contributed by atoms with van der Waals surface area (Å²) in [5.41, 5.74) is 2.11. The van der Waals surface area contributed by atoms with Gasteiger partial charge in [-0.3, -0.25) is 0 Å². The van der Waals surface area contributed by atoms with Crippen molar-refractivity contribution in [2.45, 2.75) is 0 Å². The summed E-state index contributed by atoms with van der Waals surface area (Å²) in [5, 5.41) is 1.37. The molecule has 0 atom stereocenters. The summed E-state index contributed by atoms with van der Waals surface area (Å²) in [6.45, 7) is 0. The quantitative estimate of drug-likeness (QED) is 0.320. The van der Waals surface area contributed by atoms with Gasteiger partial charge in [0.2, 0.25) is 0 Å². The van der Waals surface area contributed by atoms with E-state index in [9.17, 15) is 0 Å². The zero-order valence-electron chi connectivity index (χ0n) is 8.28. The van der Waals surface area contributed by atoms with Crippen molar-refractivity contribution < 1.29 is 0 Å². The van der Waals surface area contributed by atoms with Gasteiger partial charge in [-0.15, -0.1) is 0 Å². The maximum absolute atomic E-state index is 6.12. The summed E-state index contributed by atoms with van der Waals surface area (Å²) in [6.07, 6.45) is 0. The summed E-state index contributed by atoms with van der Waals surface area (Å²) in [5.74, 6) is 0. The second-order valence-electron chi connectivity index (χ2n) is 3.35. The van der Waals surface area contributed by atoms with E-state index in [-0.39, 0.29) is 0 Å². The molecule has 2 aromatic carbocycles. The normalized spacial score (nSPS) is 10.6. The summed E-state index contributed by atoms with van der Waals surface area (Å²) >= 11 is 22.4. The van der Waals surface area contributed by atoms with Crippen LogP contribution in [0.5, 0.6) is 0 Å². The molecule has 0 aliphatic carbocycles. The first-order valence-corrected chi connectivity index (χ1v) is 7.73. The van der Waals surface area contributed by atoms with E-state index in [1.165, 1.54) is 0 Å². The Balaban J connectivity index is 2.64. The highest BCUT2D eigenvalue weighted by atomic mass is 79.9. The average molecular weight is 460 g/mol. The molecule has 0 saturated heterocycles. The minimum Gasteiger partial charge on any atom is -0.0843 e. The van der Waals surface area contributed by atoms with Crippen LogP contribution in [0, 0.1) is 0 Å². The predicted molar refractivity (Wildman–Crippen MR) is 85.0 cm³/mol. The Morgan fingerprint density at radius 1 is 0.824 bits per heavy atom. The van der Waals surface area contributed by atoms with Crippen molar-refractivity contribution in [3.05, 3.63) is 53.8 Å². The van der Waals surface area contributed by atoms with E-state index in [0.717, 1.165) is 29.6 Å². The van der Waals surface area contributed by atoms with Gasteiger partial charge >= 0.3 is 0 Å². The van der Waals surface area contributed by atoms with Crippen LogP contribution in [0.3, 0.4) is 0 Å². The van der Waals surface area contributed by atoms with E-state index in [0.29, 0.717) is 5.02 Å². The van der Waals surface area contributed by atoms with Crippen LogP contribution in [0.1, 0.15) is 0 Å². The molecule has 0 saturated carbocycles. The molecule has 0 aromatic heterocycles. The zero-order chi connectivity index (χ0) is 12.6. The Morgan fingerprint density at radius 3 is 2.00 bits per heavy atom. The molecule has 0 radical (unpaired) electrons. The number of benzene rings is 2. The van der Waals surface area contributed by atoms with Crippen LogP contribution in [-0.2, 0) is 0 Å². The van der Waals surface area contributed by atoms with Crippen LogP contribution in [0.4, 0.5) is 0 Å². The Bertz CT molecular complexity index is 565. The second kappa shape index (κ2) is 5.62. The van der Waals surface area contributed by atoms with Gasteiger partial charge in [-0.2, -0.15) is 0 Å². The molecule has 0 fully saturated rings. The predicted octanol–water partition coefficient (Wildman–Crippen LogP) is 6.95. The number of halogens is 5. The molecule has 2 aromatic rings. The lowest BCUT2D eigenvalue weighted by atomic mass is 10.1. The smallest absolute Gasteiger partial charge is 0.0701 e. The first kappa shape index (κ1) is 13.9. The molecular formula is C12H5Br3Cl2. The van der Waals surface area contributed by atoms with Crippen LogP contribution in [0.25, 0.3) is 11.1 Å². The lowest BCUT2D eigenvalue weighted by Crippen LogP contribution is -1.84. The molecule has 0 nitrogen and oxygen atoms in total. The van der Waals surface area contributed by atoms with Gasteiger partial charge < -0.3 is 0 Å². The van der Waals surface area contributed by atoms with E-state index < -0.39 is 0 Å². The third-order valence-corrected chi connectivity index (χ3v) is 6.13. The van der Waals surface area contributed by atoms with Crippen LogP contribution in [-0.4, -0.2) is 0 Å². The van der Waals surface area contributed by atoms with E-state index in [1.54, 1.807) is 0 Å². The first-order chi connectivity index (χ1) is 8.00. The van der Waals surface area contributed by atoms with Crippen LogP contribution in [0.15, 0.2) is 43.7 Å². The standard InChI is InChI=1S/C12H5Br3Cl2/c13-9-5-8(10(14)11(15)12(9)17)6-1-3-7(16)4-2-6/h1-5H. The maximum Gasteiger partial charge on any atom is 0.0701 e. The summed E-state index contributed by atoms with van der Waals surface area (Å²) < 4.78 is 2.60. The third-order valence-electron chi connectivity index (χ3n) is 2.26. The van der Waals surface area contributed by atoms with Gasteiger partial charge in [-0.25, -0.2) is 0 Å². The number of rotatable bonds is 1. The van der Waals surface area contributed by atoms with Gasteiger partial charge in [0.15, 0.2) is 0 Å². The van der Waals surface area contributed by atoms with Gasteiger partial charge in [0.25, 0.3) is 0 Å². The average Bonchev–Trinajstić information content (AvgIpc) is 2.32. The van der Waals surface area contributed by atoms with Crippen molar-refractivity contribution in [3.63, 3.8) is 0 Å². The van der Waals surface area contributed by atoms with E-state index in [2.05, 4.69) is 47.8 Å². The molecule has 88 valence electrons. The van der Waals surface area contributed by atoms with Crippen molar-refractivity contribution in [2.75, 3.05) is 0 Å². The summed E-state index contributed by atoms with van der Waals surface area (Å²) in [7, 11) is 0. The molecule has 0 aliphatic rings. The highest BCUT2D eigenvalue weighted by Gasteiger charge is 2.13. The molecule has 0 N–H and O–H groups in total. The van der Waals surface area contributed by atoms with Crippen LogP contribution in [0.2, 0.25) is 10.0 Å². The van der Waals surface area contributed by atoms with Crippen molar-refractivity contribution in [2.24, 2.45) is 0 Å². The van der Waals surface area contributed by atoms with Gasteiger partial charge in [-0.1, -0.05) is 35.3 Å². The van der Waals surface area contributed by atoms with E-state index in [4.69, 9.17) is 23.2 Å². The van der Waals surface area contributed by atoms with Crippen molar-refractivity contribution >= 4 is 71.0 Å². The van der Waals surface area contributed by atoms with E-state index in [1.807, 2.05) is 30.3 Å². The minimum atomic E-state index is 0.648. The Morgan fingerprint density at radius 2 is 1.41 bits per heavy atom. The largest absolute Gasteiger partial charge is 0.0843 e. The second-order valence-corrected chi connectivity index (χ2v) is 6.61. The molecule has 0 aliphatic heterocycles. The van der Waals surface area contributed by atoms with Crippen molar-refractivity contribution in [1.82, 2.24) is 0 Å². The highest BCUT2D eigenvalue weighted by Crippen LogP contribution is 2.42. The van der Waals surface area contributed by atoms with Crippen molar-refractivity contribution in [1.29, 1.82) is 0 Å². The lowest BCUT2D eigenvalue weighted by Gasteiger charge is -2.10. The number of hydrogen-bond donors (Lipinski definition) is 0. The fourth-order valence-electron chi connectivity index (χ4n) is 1.41. The van der Waals surface area contributed by atoms with Gasteiger partial charge in [-0.05, 0) is 77.1 Å². The SMILES string of the molecule is Clc1ccc(-c2cc(Br)c(Cl)c(Br)c2Br)cc1. The van der Waals surface area contributed by atoms with Gasteiger partial charge in [0.1, 0.15) is 0 Å². The van der Waals surface area contributed by atoms with Crippen LogP contribution >= 0.6 is 71.0 Å². The fourth-order valence-corrected chi connectivity index (χ4v) is 3.46. The Hall–Kier alpha value is 0.460. The molecule has 0 amide bonds. The van der Waals surface area contributed by atoms with Gasteiger partial charge in [0.05, 0.1) is 9.50 Å². The Labute approximate surface area is 135 Å². The van der Waals surface area contributed by atoms with Crippen molar-refractivity contribution in [3.8, 4) is 11.1 Å². The first-order valence-electron chi connectivity index (χ1n) is 4.59. The van der Waals surface area contributed by atoms with E-state index >= 15 is 0 Å². The summed E-state index contributed by atoms with van der Waals surface area (Å²) in [6, 6.07) is 9.63. The number of hydrogen-bond acceptors (Lipinski definition) is 0. The molecule has 0 heterocycles. The topological polar surface area (TPSA) is 0 Å². The zero-order valence-corrected chi connectivity index (χ0v) is 14.5. The molecule has 2 rings (SSSR count). The molecule has 5 heteroatoms. The Kier molecular flexibility index (Phi) is 4.59. The molecule has 17 heavy (non-hydrogen) atoms. The molecule has 0 bridgehead atoms. The van der Waals surface area contributed by atoms with Gasteiger partial charge in [0, 0.05) is 14.0 Å². The monoisotopic (exact) mass is 456 g/mol.